The van der Waals surface area contributed by atoms with E-state index in [1.54, 1.807) is 18.2 Å². The third-order valence-corrected chi connectivity index (χ3v) is 10.0. The standard InChI is InChI=1S/C28H34Cl2N4O2/c1-25-11-26(2)13-27(3,12-25)16-28(14-25,15-26)9-21(35)33-6-7-34-20(10-33)22(24(31)36)23(32-34)17-4-5-18(29)19(30)8-17/h4-5,8H,6-7,9-16H2,1-3H3,(H2,31,36). The van der Waals surface area contributed by atoms with Crippen molar-refractivity contribution >= 4 is 35.0 Å². The van der Waals surface area contributed by atoms with Crippen molar-refractivity contribution < 1.29 is 9.59 Å². The molecule has 1 aromatic carbocycles. The smallest absolute Gasteiger partial charge is 0.252 e. The van der Waals surface area contributed by atoms with Gasteiger partial charge in [0.05, 0.1) is 34.4 Å². The van der Waals surface area contributed by atoms with Crippen LogP contribution in [0.1, 0.15) is 81.8 Å². The molecule has 1 aliphatic heterocycles. The number of fused-ring (bicyclic) bond motifs is 1. The highest BCUT2D eigenvalue weighted by Crippen LogP contribution is 2.74. The van der Waals surface area contributed by atoms with Crippen LogP contribution in [0.3, 0.4) is 0 Å². The molecule has 0 saturated heterocycles. The lowest BCUT2D eigenvalue weighted by molar-refractivity contribution is -0.189. The zero-order valence-corrected chi connectivity index (χ0v) is 22.8. The summed E-state index contributed by atoms with van der Waals surface area (Å²) in [6.07, 6.45) is 7.90. The molecule has 2 N–H and O–H groups in total. The fraction of sp³-hybridized carbons (Fsp3) is 0.607. The van der Waals surface area contributed by atoms with E-state index >= 15 is 0 Å². The van der Waals surface area contributed by atoms with Gasteiger partial charge in [0.1, 0.15) is 5.69 Å². The zero-order valence-electron chi connectivity index (χ0n) is 21.3. The van der Waals surface area contributed by atoms with E-state index in [0.717, 1.165) is 19.3 Å². The highest BCUT2D eigenvalue weighted by Gasteiger charge is 2.64. The van der Waals surface area contributed by atoms with Crippen molar-refractivity contribution in [1.82, 2.24) is 14.7 Å². The van der Waals surface area contributed by atoms with Gasteiger partial charge in [0, 0.05) is 18.5 Å². The van der Waals surface area contributed by atoms with E-state index in [0.29, 0.717) is 74.9 Å². The lowest BCUT2D eigenvalue weighted by atomic mass is 9.36. The minimum atomic E-state index is -0.554. The van der Waals surface area contributed by atoms with Crippen LogP contribution in [0.2, 0.25) is 10.0 Å². The molecule has 4 bridgehead atoms. The number of aromatic nitrogens is 2. The minimum absolute atomic E-state index is 0.0828. The molecule has 0 spiro atoms. The Morgan fingerprint density at radius 2 is 1.56 bits per heavy atom. The molecule has 0 unspecified atom stereocenters. The molecule has 6 nitrogen and oxygen atoms in total. The molecule has 8 heteroatoms. The highest BCUT2D eigenvalue weighted by molar-refractivity contribution is 6.42. The second kappa shape index (κ2) is 7.73. The van der Waals surface area contributed by atoms with Crippen LogP contribution in [-0.4, -0.2) is 33.0 Å². The van der Waals surface area contributed by atoms with Gasteiger partial charge in [-0.05, 0) is 72.3 Å². The molecule has 5 aliphatic rings. The van der Waals surface area contributed by atoms with Gasteiger partial charge in [0.2, 0.25) is 5.91 Å². The molecule has 4 fully saturated rings. The molecule has 4 saturated carbocycles. The fourth-order valence-corrected chi connectivity index (χ4v) is 10.1. The van der Waals surface area contributed by atoms with E-state index in [1.807, 2.05) is 9.58 Å². The Morgan fingerprint density at radius 3 is 2.11 bits per heavy atom. The molecular formula is C28H34Cl2N4O2. The molecular weight excluding hydrogens is 495 g/mol. The third-order valence-electron chi connectivity index (χ3n) is 9.26. The molecule has 1 aromatic heterocycles. The van der Waals surface area contributed by atoms with E-state index in [4.69, 9.17) is 34.0 Å². The van der Waals surface area contributed by atoms with Crippen molar-refractivity contribution in [1.29, 1.82) is 0 Å². The van der Waals surface area contributed by atoms with E-state index in [2.05, 4.69) is 20.8 Å². The topological polar surface area (TPSA) is 81.2 Å². The van der Waals surface area contributed by atoms with Crippen molar-refractivity contribution in [3.05, 3.63) is 39.5 Å². The molecule has 2 heterocycles. The SMILES string of the molecule is CC12CC3(C)CC(C)(C1)CC(CC(=O)N1CCn4nc(-c5ccc(Cl)c(Cl)c5)c(C(N)=O)c4C1)(C2)C3. The summed E-state index contributed by atoms with van der Waals surface area (Å²) < 4.78 is 1.82. The monoisotopic (exact) mass is 528 g/mol. The maximum atomic E-state index is 13.8. The number of hydrogen-bond acceptors (Lipinski definition) is 3. The molecule has 36 heavy (non-hydrogen) atoms. The Balaban J connectivity index is 1.28. The van der Waals surface area contributed by atoms with Crippen LogP contribution in [-0.2, 0) is 17.9 Å². The van der Waals surface area contributed by atoms with Gasteiger partial charge in [-0.1, -0.05) is 50.0 Å². The predicted molar refractivity (Wildman–Crippen MR) is 141 cm³/mol. The van der Waals surface area contributed by atoms with Crippen molar-refractivity contribution in [2.75, 3.05) is 6.54 Å². The van der Waals surface area contributed by atoms with Crippen molar-refractivity contribution in [2.24, 2.45) is 27.4 Å². The lowest BCUT2D eigenvalue weighted by Gasteiger charge is -2.69. The first-order chi connectivity index (χ1) is 16.8. The number of carbonyl (C=O) groups is 2. The summed E-state index contributed by atoms with van der Waals surface area (Å²) in [6, 6.07) is 5.17. The van der Waals surface area contributed by atoms with Crippen molar-refractivity contribution in [3.63, 3.8) is 0 Å². The number of nitrogens with two attached hydrogens (primary N) is 1. The third kappa shape index (κ3) is 3.87. The Kier molecular flexibility index (Phi) is 5.22. The van der Waals surface area contributed by atoms with Gasteiger partial charge in [0.15, 0.2) is 0 Å². The fourth-order valence-electron chi connectivity index (χ4n) is 9.81. The summed E-state index contributed by atoms with van der Waals surface area (Å²) in [6.45, 7) is 8.79. The number of benzene rings is 1. The van der Waals surface area contributed by atoms with Crippen LogP contribution >= 0.6 is 23.2 Å². The average molecular weight is 530 g/mol. The van der Waals surface area contributed by atoms with Gasteiger partial charge in [-0.25, -0.2) is 0 Å². The van der Waals surface area contributed by atoms with E-state index in [1.165, 1.54) is 19.3 Å². The summed E-state index contributed by atoms with van der Waals surface area (Å²) in [5.74, 6) is -0.367. The molecule has 2 amide bonds. The molecule has 7 rings (SSSR count). The Hall–Kier alpha value is -2.05. The van der Waals surface area contributed by atoms with Gasteiger partial charge in [-0.3, -0.25) is 14.3 Å². The first kappa shape index (κ1) is 24.3. The van der Waals surface area contributed by atoms with Crippen LogP contribution in [0.4, 0.5) is 0 Å². The summed E-state index contributed by atoms with van der Waals surface area (Å²) in [5, 5.41) is 5.51. The van der Waals surface area contributed by atoms with E-state index < -0.39 is 5.91 Å². The first-order valence-electron chi connectivity index (χ1n) is 12.9. The Morgan fingerprint density at radius 1 is 0.944 bits per heavy atom. The van der Waals surface area contributed by atoms with Gasteiger partial charge in [-0.2, -0.15) is 5.10 Å². The lowest BCUT2D eigenvalue weighted by Crippen LogP contribution is -2.59. The number of carbonyl (C=O) groups excluding carboxylic acids is 2. The number of rotatable bonds is 4. The number of nitrogens with zero attached hydrogens (tertiary/aromatic N) is 3. The second-order valence-electron chi connectivity index (χ2n) is 13.4. The molecule has 2 aromatic rings. The minimum Gasteiger partial charge on any atom is -0.365 e. The zero-order chi connectivity index (χ0) is 25.7. The summed E-state index contributed by atoms with van der Waals surface area (Å²) in [4.78, 5) is 28.3. The van der Waals surface area contributed by atoms with Gasteiger partial charge >= 0.3 is 0 Å². The molecule has 192 valence electrons. The maximum absolute atomic E-state index is 13.8. The number of halogens is 2. The van der Waals surface area contributed by atoms with Gasteiger partial charge < -0.3 is 10.6 Å². The normalized spacial score (nSPS) is 34.6. The van der Waals surface area contributed by atoms with Crippen LogP contribution in [0.5, 0.6) is 0 Å². The summed E-state index contributed by atoms with van der Waals surface area (Å²) in [5.41, 5.74) is 9.15. The van der Waals surface area contributed by atoms with Crippen molar-refractivity contribution in [3.8, 4) is 11.3 Å². The number of amides is 2. The number of hydrogen-bond donors (Lipinski definition) is 1. The molecule has 0 atom stereocenters. The molecule has 4 aliphatic carbocycles. The van der Waals surface area contributed by atoms with Gasteiger partial charge in [-0.15, -0.1) is 0 Å². The van der Waals surface area contributed by atoms with E-state index in [-0.39, 0.29) is 11.3 Å². The summed E-state index contributed by atoms with van der Waals surface area (Å²) in [7, 11) is 0. The Bertz CT molecular complexity index is 1250. The predicted octanol–water partition coefficient (Wildman–Crippen LogP) is 6.07. The first-order valence-corrected chi connectivity index (χ1v) is 13.7. The van der Waals surface area contributed by atoms with Crippen LogP contribution < -0.4 is 5.73 Å². The van der Waals surface area contributed by atoms with E-state index in [9.17, 15) is 9.59 Å². The van der Waals surface area contributed by atoms with Crippen LogP contribution in [0.15, 0.2) is 18.2 Å². The number of primary amides is 1. The molecule has 0 radical (unpaired) electrons. The quantitative estimate of drug-likeness (QED) is 0.522. The highest BCUT2D eigenvalue weighted by atomic mass is 35.5. The van der Waals surface area contributed by atoms with Crippen LogP contribution in [0.25, 0.3) is 11.3 Å². The maximum Gasteiger partial charge on any atom is 0.252 e. The van der Waals surface area contributed by atoms with Gasteiger partial charge in [0.25, 0.3) is 5.91 Å². The largest absolute Gasteiger partial charge is 0.365 e. The van der Waals surface area contributed by atoms with Crippen molar-refractivity contribution in [2.45, 2.75) is 78.8 Å². The van der Waals surface area contributed by atoms with Crippen LogP contribution in [0, 0.1) is 21.7 Å². The second-order valence-corrected chi connectivity index (χ2v) is 14.2. The average Bonchev–Trinajstić information content (AvgIpc) is 3.10. The Labute approximate surface area is 222 Å². The summed E-state index contributed by atoms with van der Waals surface area (Å²) >= 11 is 12.3.